The van der Waals surface area contributed by atoms with E-state index in [4.69, 9.17) is 0 Å². The Hall–Kier alpha value is -0.410. The smallest absolute Gasteiger partial charge is 0.162 e. The maximum absolute atomic E-state index is 12.4. The molecule has 0 heterocycles. The number of ketones is 1. The van der Waals surface area contributed by atoms with E-state index >= 15 is 0 Å². The van der Waals surface area contributed by atoms with E-state index in [-0.39, 0.29) is 23.2 Å². The molecule has 0 aromatic carbocycles. The topological polar surface area (TPSA) is 57.5 Å². The molecule has 4 saturated carbocycles. The van der Waals surface area contributed by atoms with Crippen molar-refractivity contribution in [2.24, 2.45) is 40.4 Å². The fourth-order valence-corrected chi connectivity index (χ4v) is 8.33. The van der Waals surface area contributed by atoms with Gasteiger partial charge in [0.1, 0.15) is 5.60 Å². The molecule has 0 amide bonds. The summed E-state index contributed by atoms with van der Waals surface area (Å²) in [5.41, 5.74) is -1.04. The summed E-state index contributed by atoms with van der Waals surface area (Å²) < 4.78 is 0. The van der Waals surface area contributed by atoms with Gasteiger partial charge in [-0.15, -0.1) is 0 Å². The second kappa shape index (κ2) is 5.55. The van der Waals surface area contributed by atoms with Crippen LogP contribution in [0.3, 0.4) is 0 Å². The summed E-state index contributed by atoms with van der Waals surface area (Å²) in [7, 11) is 0. The van der Waals surface area contributed by atoms with Crippen LogP contribution >= 0.6 is 0 Å². The lowest BCUT2D eigenvalue weighted by Crippen LogP contribution is -2.59. The van der Waals surface area contributed by atoms with Crippen molar-refractivity contribution in [1.29, 1.82) is 0 Å². The number of carbonyl (C=O) groups is 1. The van der Waals surface area contributed by atoms with Gasteiger partial charge in [-0.2, -0.15) is 0 Å². The van der Waals surface area contributed by atoms with E-state index in [0.29, 0.717) is 29.1 Å². The highest BCUT2D eigenvalue weighted by atomic mass is 16.3. The van der Waals surface area contributed by atoms with Crippen LogP contribution in [-0.2, 0) is 4.79 Å². The molecule has 4 unspecified atom stereocenters. The van der Waals surface area contributed by atoms with E-state index in [1.807, 2.05) is 0 Å². The second-order valence-corrected chi connectivity index (χ2v) is 10.5. The van der Waals surface area contributed by atoms with Crippen LogP contribution in [0, 0.1) is 40.4 Å². The molecular formula is C22H36O3. The second-order valence-electron chi connectivity index (χ2n) is 10.5. The monoisotopic (exact) mass is 348 g/mol. The average Bonchev–Trinajstić information content (AvgIpc) is 2.77. The number of rotatable bonds is 1. The molecule has 4 rings (SSSR count). The highest BCUT2D eigenvalue weighted by molar-refractivity contribution is 5.86. The summed E-state index contributed by atoms with van der Waals surface area (Å²) in [5, 5.41) is 21.6. The van der Waals surface area contributed by atoms with E-state index in [2.05, 4.69) is 20.8 Å². The Kier molecular flexibility index (Phi) is 3.99. The van der Waals surface area contributed by atoms with Crippen LogP contribution in [0.4, 0.5) is 0 Å². The number of carbonyl (C=O) groups excluding carboxylic acids is 1. The van der Waals surface area contributed by atoms with Crippen LogP contribution in [-0.4, -0.2) is 27.7 Å². The van der Waals surface area contributed by atoms with Crippen LogP contribution in [0.25, 0.3) is 0 Å². The quantitative estimate of drug-likeness (QED) is 0.754. The van der Waals surface area contributed by atoms with E-state index in [0.717, 1.165) is 38.5 Å². The van der Waals surface area contributed by atoms with E-state index in [1.54, 1.807) is 6.92 Å². The summed E-state index contributed by atoms with van der Waals surface area (Å²) in [5.74, 6) is 2.53. The third-order valence-electron chi connectivity index (χ3n) is 9.76. The number of aliphatic hydroxyl groups is 2. The van der Waals surface area contributed by atoms with Gasteiger partial charge in [-0.3, -0.25) is 4.79 Å². The fourth-order valence-electron chi connectivity index (χ4n) is 8.33. The number of hydrogen-bond donors (Lipinski definition) is 2. The number of Topliss-reactive ketones (excluding diaryl/α,β-unsaturated/α-hetero) is 1. The summed E-state index contributed by atoms with van der Waals surface area (Å²) in [6.45, 7) is 8.37. The van der Waals surface area contributed by atoms with Gasteiger partial charge < -0.3 is 10.2 Å². The largest absolute Gasteiger partial charge is 0.393 e. The molecule has 0 bridgehead atoms. The lowest BCUT2D eigenvalue weighted by atomic mass is 9.44. The van der Waals surface area contributed by atoms with E-state index in [1.165, 1.54) is 12.8 Å². The van der Waals surface area contributed by atoms with Gasteiger partial charge in [-0.1, -0.05) is 20.8 Å². The van der Waals surface area contributed by atoms with Gasteiger partial charge in [0.05, 0.1) is 6.10 Å². The van der Waals surface area contributed by atoms with Crippen molar-refractivity contribution in [3.63, 3.8) is 0 Å². The number of aliphatic hydroxyl groups excluding tert-OH is 1. The average molecular weight is 349 g/mol. The Bertz CT molecular complexity index is 574. The summed E-state index contributed by atoms with van der Waals surface area (Å²) in [6.07, 6.45) is 8.53. The molecule has 0 aromatic heterocycles. The van der Waals surface area contributed by atoms with Crippen LogP contribution in [0.15, 0.2) is 0 Å². The molecule has 9 atom stereocenters. The fraction of sp³-hybridized carbons (Fsp3) is 0.955. The third-order valence-corrected chi connectivity index (χ3v) is 9.76. The molecular weight excluding hydrogens is 312 g/mol. The van der Waals surface area contributed by atoms with Crippen molar-refractivity contribution in [3.8, 4) is 0 Å². The molecule has 4 aliphatic carbocycles. The van der Waals surface area contributed by atoms with Crippen molar-refractivity contribution in [1.82, 2.24) is 0 Å². The predicted octanol–water partition coefficient (Wildman–Crippen LogP) is 3.96. The molecule has 4 fully saturated rings. The SMILES string of the molecule is CC(=O)[C@@]1(O)[C@H](C)CC2C3CC[C@H]4CC(O)CC[C@]4(C)C3CC[C@@]21C. The minimum absolute atomic E-state index is 0.0239. The number of hydrogen-bond acceptors (Lipinski definition) is 3. The zero-order valence-electron chi connectivity index (χ0n) is 16.4. The molecule has 0 aromatic rings. The Morgan fingerprint density at radius 3 is 2.40 bits per heavy atom. The van der Waals surface area contributed by atoms with Crippen molar-refractivity contribution >= 4 is 5.78 Å². The first-order valence-electron chi connectivity index (χ1n) is 10.6. The molecule has 4 aliphatic rings. The molecule has 3 heteroatoms. The van der Waals surface area contributed by atoms with Gasteiger partial charge in [-0.25, -0.2) is 0 Å². The maximum Gasteiger partial charge on any atom is 0.162 e. The minimum atomic E-state index is -1.14. The van der Waals surface area contributed by atoms with Crippen LogP contribution in [0.2, 0.25) is 0 Å². The molecule has 0 saturated heterocycles. The van der Waals surface area contributed by atoms with Crippen LogP contribution in [0.1, 0.15) is 79.1 Å². The Morgan fingerprint density at radius 1 is 1.00 bits per heavy atom. The van der Waals surface area contributed by atoms with Crippen molar-refractivity contribution in [2.75, 3.05) is 0 Å². The first kappa shape index (κ1) is 18.0. The first-order valence-corrected chi connectivity index (χ1v) is 10.6. The van der Waals surface area contributed by atoms with Gasteiger partial charge in [0, 0.05) is 5.41 Å². The molecule has 2 N–H and O–H groups in total. The Labute approximate surface area is 152 Å². The van der Waals surface area contributed by atoms with E-state index < -0.39 is 5.60 Å². The molecule has 3 nitrogen and oxygen atoms in total. The molecule has 0 aliphatic heterocycles. The molecule has 0 spiro atoms. The minimum Gasteiger partial charge on any atom is -0.393 e. The van der Waals surface area contributed by atoms with Gasteiger partial charge in [0.2, 0.25) is 0 Å². The van der Waals surface area contributed by atoms with Gasteiger partial charge in [-0.05, 0) is 93.3 Å². The summed E-state index contributed by atoms with van der Waals surface area (Å²) in [6, 6.07) is 0. The van der Waals surface area contributed by atoms with Gasteiger partial charge >= 0.3 is 0 Å². The summed E-state index contributed by atoms with van der Waals surface area (Å²) in [4.78, 5) is 12.4. The Morgan fingerprint density at radius 2 is 1.72 bits per heavy atom. The molecule has 0 radical (unpaired) electrons. The van der Waals surface area contributed by atoms with Gasteiger partial charge in [0.25, 0.3) is 0 Å². The van der Waals surface area contributed by atoms with Crippen LogP contribution < -0.4 is 0 Å². The van der Waals surface area contributed by atoms with Crippen molar-refractivity contribution in [3.05, 3.63) is 0 Å². The highest BCUT2D eigenvalue weighted by Crippen LogP contribution is 2.69. The van der Waals surface area contributed by atoms with Crippen LogP contribution in [0.5, 0.6) is 0 Å². The highest BCUT2D eigenvalue weighted by Gasteiger charge is 2.68. The standard InChI is InChI=1S/C22H36O3/c1-13-11-19-17-6-5-15-12-16(24)7-9-20(15,3)18(17)8-10-21(19,4)22(13,25)14(2)23/h13,15-19,24-25H,5-12H2,1-4H3/t13-,15+,16?,17?,18?,19?,20+,21+,22+/m1/s1. The lowest BCUT2D eigenvalue weighted by Gasteiger charge is -2.61. The number of fused-ring (bicyclic) bond motifs is 5. The molecule has 25 heavy (non-hydrogen) atoms. The van der Waals surface area contributed by atoms with Gasteiger partial charge in [0.15, 0.2) is 5.78 Å². The third kappa shape index (κ3) is 2.15. The van der Waals surface area contributed by atoms with Crippen molar-refractivity contribution < 1.29 is 15.0 Å². The zero-order chi connectivity index (χ0) is 18.2. The molecule has 142 valence electrons. The zero-order valence-corrected chi connectivity index (χ0v) is 16.4. The lowest BCUT2D eigenvalue weighted by molar-refractivity contribution is -0.175. The summed E-state index contributed by atoms with van der Waals surface area (Å²) >= 11 is 0. The predicted molar refractivity (Wildman–Crippen MR) is 97.9 cm³/mol. The van der Waals surface area contributed by atoms with Crippen molar-refractivity contribution in [2.45, 2.75) is 90.8 Å². The first-order chi connectivity index (χ1) is 11.6. The maximum atomic E-state index is 12.4. The Balaban J connectivity index is 1.67. The van der Waals surface area contributed by atoms with E-state index in [9.17, 15) is 15.0 Å². The normalized spacial score (nSPS) is 58.2.